The first-order chi connectivity index (χ1) is 6.83. The minimum atomic E-state index is 0.588. The average Bonchev–Trinajstić information content (AvgIpc) is 2.70. The van der Waals surface area contributed by atoms with E-state index < -0.39 is 0 Å². The van der Waals surface area contributed by atoms with Crippen LogP contribution in [0.3, 0.4) is 0 Å². The van der Waals surface area contributed by atoms with E-state index in [0.29, 0.717) is 5.56 Å². The molecule has 0 aliphatic rings. The topological polar surface area (TPSA) is 54.5 Å². The lowest BCUT2D eigenvalue weighted by Gasteiger charge is -2.05. The molecule has 2 aromatic rings. The van der Waals surface area contributed by atoms with E-state index >= 15 is 0 Å². The highest BCUT2D eigenvalue weighted by atomic mass is 15.0. The van der Waals surface area contributed by atoms with E-state index in [2.05, 4.69) is 16.0 Å². The summed E-state index contributed by atoms with van der Waals surface area (Å²) in [5.74, 6) is 0. The normalized spacial score (nSPS) is 9.71. The minimum absolute atomic E-state index is 0.588. The standard InChI is InChI=1S/C10H8N4/c1-8-9(6-11)10(2-3-13-8)14-5-4-12-7-14/h2-5,7H,1H3. The zero-order valence-electron chi connectivity index (χ0n) is 7.68. The molecular formula is C10H8N4. The summed E-state index contributed by atoms with van der Waals surface area (Å²) in [4.78, 5) is 8.00. The number of aromatic nitrogens is 3. The molecule has 0 radical (unpaired) electrons. The molecule has 0 N–H and O–H groups in total. The van der Waals surface area contributed by atoms with Crippen molar-refractivity contribution in [1.82, 2.24) is 14.5 Å². The molecule has 0 amide bonds. The Hall–Kier alpha value is -2.15. The predicted octanol–water partition coefficient (Wildman–Crippen LogP) is 1.45. The largest absolute Gasteiger partial charge is 0.305 e. The lowest BCUT2D eigenvalue weighted by Crippen LogP contribution is -1.98. The Morgan fingerprint density at radius 1 is 1.43 bits per heavy atom. The summed E-state index contributed by atoms with van der Waals surface area (Å²) in [7, 11) is 0. The van der Waals surface area contributed by atoms with Crippen molar-refractivity contribution in [2.24, 2.45) is 0 Å². The van der Waals surface area contributed by atoms with E-state index in [-0.39, 0.29) is 0 Å². The molecule has 4 heteroatoms. The number of pyridine rings is 1. The molecule has 2 rings (SSSR count). The van der Waals surface area contributed by atoms with Crippen LogP contribution in [0.1, 0.15) is 11.3 Å². The second-order valence-corrected chi connectivity index (χ2v) is 2.87. The molecule has 0 atom stereocenters. The summed E-state index contributed by atoms with van der Waals surface area (Å²) in [5, 5.41) is 8.97. The number of imidazole rings is 1. The summed E-state index contributed by atoms with van der Waals surface area (Å²) in [6.07, 6.45) is 6.83. The third-order valence-electron chi connectivity index (χ3n) is 2.01. The number of nitriles is 1. The Morgan fingerprint density at radius 3 is 2.93 bits per heavy atom. The van der Waals surface area contributed by atoms with Crippen LogP contribution in [0.2, 0.25) is 0 Å². The quantitative estimate of drug-likeness (QED) is 0.674. The van der Waals surface area contributed by atoms with Crippen LogP contribution in [0.15, 0.2) is 31.0 Å². The zero-order valence-corrected chi connectivity index (χ0v) is 7.68. The Labute approximate surface area is 81.5 Å². The third-order valence-corrected chi connectivity index (χ3v) is 2.01. The highest BCUT2D eigenvalue weighted by Gasteiger charge is 2.06. The lowest BCUT2D eigenvalue weighted by molar-refractivity contribution is 1.02. The fourth-order valence-electron chi connectivity index (χ4n) is 1.31. The number of hydrogen-bond acceptors (Lipinski definition) is 3. The van der Waals surface area contributed by atoms with Gasteiger partial charge in [-0.15, -0.1) is 0 Å². The highest BCUT2D eigenvalue weighted by molar-refractivity contribution is 5.50. The van der Waals surface area contributed by atoms with Gasteiger partial charge >= 0.3 is 0 Å². The summed E-state index contributed by atoms with van der Waals surface area (Å²) >= 11 is 0. The maximum absolute atomic E-state index is 8.97. The van der Waals surface area contributed by atoms with E-state index in [1.807, 2.05) is 6.92 Å². The van der Waals surface area contributed by atoms with E-state index in [9.17, 15) is 0 Å². The van der Waals surface area contributed by atoms with Crippen molar-refractivity contribution in [1.29, 1.82) is 5.26 Å². The number of nitrogens with zero attached hydrogens (tertiary/aromatic N) is 4. The van der Waals surface area contributed by atoms with Gasteiger partial charge in [0.15, 0.2) is 0 Å². The van der Waals surface area contributed by atoms with Gasteiger partial charge < -0.3 is 4.57 Å². The molecule has 0 fully saturated rings. The second-order valence-electron chi connectivity index (χ2n) is 2.87. The van der Waals surface area contributed by atoms with Gasteiger partial charge in [-0.2, -0.15) is 5.26 Å². The number of rotatable bonds is 1. The molecule has 68 valence electrons. The summed E-state index contributed by atoms with van der Waals surface area (Å²) < 4.78 is 1.80. The molecule has 0 unspecified atom stereocenters. The molecule has 14 heavy (non-hydrogen) atoms. The van der Waals surface area contributed by atoms with Crippen molar-refractivity contribution in [3.05, 3.63) is 42.2 Å². The second kappa shape index (κ2) is 3.30. The van der Waals surface area contributed by atoms with Crippen LogP contribution in [0, 0.1) is 18.3 Å². The van der Waals surface area contributed by atoms with Crippen LogP contribution in [0.5, 0.6) is 0 Å². The average molecular weight is 184 g/mol. The summed E-state index contributed by atoms with van der Waals surface area (Å²) in [6, 6.07) is 3.94. The Balaban J connectivity index is 2.66. The van der Waals surface area contributed by atoms with Gasteiger partial charge in [-0.05, 0) is 13.0 Å². The van der Waals surface area contributed by atoms with Gasteiger partial charge in [0.1, 0.15) is 6.07 Å². The van der Waals surface area contributed by atoms with Gasteiger partial charge in [0.25, 0.3) is 0 Å². The van der Waals surface area contributed by atoms with Crippen LogP contribution in [-0.4, -0.2) is 14.5 Å². The Kier molecular flexibility index (Phi) is 1.99. The van der Waals surface area contributed by atoms with Gasteiger partial charge in [0.2, 0.25) is 0 Å². The van der Waals surface area contributed by atoms with E-state index in [1.54, 1.807) is 35.6 Å². The maximum atomic E-state index is 8.97. The molecule has 0 bridgehead atoms. The van der Waals surface area contributed by atoms with Crippen LogP contribution >= 0.6 is 0 Å². The molecule has 2 heterocycles. The maximum Gasteiger partial charge on any atom is 0.103 e. The smallest absolute Gasteiger partial charge is 0.103 e. The number of hydrogen-bond donors (Lipinski definition) is 0. The summed E-state index contributed by atoms with van der Waals surface area (Å²) in [5.41, 5.74) is 2.14. The Bertz CT molecular complexity index is 479. The van der Waals surface area contributed by atoms with E-state index in [0.717, 1.165) is 11.4 Å². The molecule has 0 aliphatic carbocycles. The van der Waals surface area contributed by atoms with Crippen LogP contribution in [0.25, 0.3) is 5.69 Å². The molecule has 0 saturated carbocycles. The van der Waals surface area contributed by atoms with Crippen molar-refractivity contribution in [3.63, 3.8) is 0 Å². The predicted molar refractivity (Wildman–Crippen MR) is 50.8 cm³/mol. The molecule has 2 aromatic heterocycles. The van der Waals surface area contributed by atoms with E-state index in [4.69, 9.17) is 5.26 Å². The van der Waals surface area contributed by atoms with Crippen LogP contribution in [0.4, 0.5) is 0 Å². The molecule has 0 aromatic carbocycles. The van der Waals surface area contributed by atoms with Crippen molar-refractivity contribution >= 4 is 0 Å². The zero-order chi connectivity index (χ0) is 9.97. The van der Waals surface area contributed by atoms with Gasteiger partial charge in [0.05, 0.1) is 23.3 Å². The monoisotopic (exact) mass is 184 g/mol. The minimum Gasteiger partial charge on any atom is -0.305 e. The lowest BCUT2D eigenvalue weighted by atomic mass is 10.2. The molecule has 4 nitrogen and oxygen atoms in total. The SMILES string of the molecule is Cc1nccc(-n2ccnc2)c1C#N. The Morgan fingerprint density at radius 2 is 2.29 bits per heavy atom. The van der Waals surface area contributed by atoms with Crippen molar-refractivity contribution < 1.29 is 0 Å². The summed E-state index contributed by atoms with van der Waals surface area (Å²) in [6.45, 7) is 1.82. The van der Waals surface area contributed by atoms with E-state index in [1.165, 1.54) is 0 Å². The highest BCUT2D eigenvalue weighted by Crippen LogP contribution is 2.14. The van der Waals surface area contributed by atoms with Gasteiger partial charge in [0, 0.05) is 18.6 Å². The molecule has 0 spiro atoms. The first-order valence-corrected chi connectivity index (χ1v) is 4.17. The van der Waals surface area contributed by atoms with Gasteiger partial charge in [-0.1, -0.05) is 0 Å². The molecular weight excluding hydrogens is 176 g/mol. The molecule has 0 aliphatic heterocycles. The van der Waals surface area contributed by atoms with Crippen molar-refractivity contribution in [3.8, 4) is 11.8 Å². The van der Waals surface area contributed by atoms with Gasteiger partial charge in [-0.3, -0.25) is 4.98 Å². The number of aryl methyl sites for hydroxylation is 1. The van der Waals surface area contributed by atoms with Crippen LogP contribution < -0.4 is 0 Å². The fourth-order valence-corrected chi connectivity index (χ4v) is 1.31. The fraction of sp³-hybridized carbons (Fsp3) is 0.100. The van der Waals surface area contributed by atoms with Crippen molar-refractivity contribution in [2.45, 2.75) is 6.92 Å². The molecule has 0 saturated heterocycles. The van der Waals surface area contributed by atoms with Gasteiger partial charge in [-0.25, -0.2) is 4.98 Å². The third kappa shape index (κ3) is 1.25. The van der Waals surface area contributed by atoms with Crippen LogP contribution in [-0.2, 0) is 0 Å². The first kappa shape index (κ1) is 8.45. The van der Waals surface area contributed by atoms with Crippen molar-refractivity contribution in [2.75, 3.05) is 0 Å². The first-order valence-electron chi connectivity index (χ1n) is 4.17.